The van der Waals surface area contributed by atoms with E-state index in [9.17, 15) is 14.7 Å². The largest absolute Gasteiger partial charge is 0.395 e. The number of benzene rings is 1. The van der Waals surface area contributed by atoms with Crippen LogP contribution in [0.25, 0.3) is 0 Å². The summed E-state index contributed by atoms with van der Waals surface area (Å²) in [5.74, 6) is 1.07. The lowest BCUT2D eigenvalue weighted by atomic mass is 10.00. The minimum Gasteiger partial charge on any atom is -0.395 e. The third-order valence-corrected chi connectivity index (χ3v) is 8.56. The molecule has 1 aromatic heterocycles. The van der Waals surface area contributed by atoms with Gasteiger partial charge in [-0.1, -0.05) is 29.4 Å². The molecule has 11 heteroatoms. The molecule has 1 atom stereocenters. The molecule has 3 heterocycles. The number of β-amino-alcohol motifs (C(OH)–C–C–N with tert-alkyl or cyclic N) is 1. The van der Waals surface area contributed by atoms with E-state index in [-0.39, 0.29) is 36.0 Å². The van der Waals surface area contributed by atoms with Crippen LogP contribution in [0.15, 0.2) is 41.8 Å². The number of carbonyl (C=O) groups excluding carboxylic acids is 2. The van der Waals surface area contributed by atoms with Gasteiger partial charge >= 0.3 is 0 Å². The number of aliphatic hydroxyl groups excluding tert-OH is 1. The van der Waals surface area contributed by atoms with Gasteiger partial charge in [0.2, 0.25) is 0 Å². The normalized spacial score (nSPS) is 20.5. The van der Waals surface area contributed by atoms with Gasteiger partial charge in [0.1, 0.15) is 30.2 Å². The Labute approximate surface area is 246 Å². The lowest BCUT2D eigenvalue weighted by molar-refractivity contribution is -0.125. The molecule has 0 spiro atoms. The summed E-state index contributed by atoms with van der Waals surface area (Å²) in [5, 5.41) is 21.0. The molecule has 42 heavy (non-hydrogen) atoms. The first kappa shape index (κ1) is 28.5. The summed E-state index contributed by atoms with van der Waals surface area (Å²) in [4.78, 5) is 44.0. The standard InChI is InChI=1S/C31H41N7O4/c39-26(18-37-12-9-22-3-1-2-4-24(22)17-37)16-32-30(40)27-15-28(34-20-33-27)35-25-10-13-38(14-11-25)31(41)29(23-7-8-23)36-42-19-21-5-6-21/h1-4,15,20-21,23,25-26,39H,5-14,16-19H2,(H,32,40)(H,33,34,35)/b36-29-/t26-/m0/s1. The molecule has 0 radical (unpaired) electrons. The van der Waals surface area contributed by atoms with Crippen LogP contribution in [0.4, 0.5) is 5.82 Å². The molecule has 2 aromatic rings. The van der Waals surface area contributed by atoms with Crippen molar-refractivity contribution in [1.82, 2.24) is 25.1 Å². The summed E-state index contributed by atoms with van der Waals surface area (Å²) in [6.07, 6.45) is 7.60. The number of anilines is 1. The van der Waals surface area contributed by atoms with Crippen LogP contribution >= 0.6 is 0 Å². The Morgan fingerprint density at radius 3 is 2.60 bits per heavy atom. The molecule has 2 saturated carbocycles. The number of nitrogens with zero attached hydrogens (tertiary/aromatic N) is 5. The van der Waals surface area contributed by atoms with Crippen molar-refractivity contribution >= 4 is 23.3 Å². The smallest absolute Gasteiger partial charge is 0.271 e. The van der Waals surface area contributed by atoms with Gasteiger partial charge in [0, 0.05) is 57.3 Å². The number of piperidine rings is 1. The number of hydrogen-bond acceptors (Lipinski definition) is 9. The van der Waals surface area contributed by atoms with Crippen LogP contribution in [0.5, 0.6) is 0 Å². The number of amides is 2. The Hall–Kier alpha value is -3.57. The number of rotatable bonds is 12. The maximum Gasteiger partial charge on any atom is 0.271 e. The molecule has 2 amide bonds. The Kier molecular flexibility index (Phi) is 8.95. The highest BCUT2D eigenvalue weighted by Gasteiger charge is 2.37. The van der Waals surface area contributed by atoms with Crippen LogP contribution in [0.1, 0.15) is 60.1 Å². The van der Waals surface area contributed by atoms with Gasteiger partial charge in [-0.15, -0.1) is 0 Å². The molecule has 224 valence electrons. The monoisotopic (exact) mass is 575 g/mol. The van der Waals surface area contributed by atoms with Crippen molar-refractivity contribution in [3.05, 3.63) is 53.5 Å². The van der Waals surface area contributed by atoms with Crippen molar-refractivity contribution < 1.29 is 19.5 Å². The van der Waals surface area contributed by atoms with Gasteiger partial charge in [0.05, 0.1) is 6.10 Å². The van der Waals surface area contributed by atoms with Crippen molar-refractivity contribution in [3.8, 4) is 0 Å². The predicted molar refractivity (Wildman–Crippen MR) is 158 cm³/mol. The summed E-state index contributed by atoms with van der Waals surface area (Å²) < 4.78 is 0. The maximum absolute atomic E-state index is 13.1. The molecular weight excluding hydrogens is 534 g/mol. The average molecular weight is 576 g/mol. The van der Waals surface area contributed by atoms with Crippen molar-refractivity contribution in [2.75, 3.05) is 44.6 Å². The number of hydrogen-bond donors (Lipinski definition) is 3. The Bertz CT molecular complexity index is 1290. The molecule has 6 rings (SSSR count). The first-order valence-corrected chi connectivity index (χ1v) is 15.3. The molecule has 2 aliphatic carbocycles. The molecule has 2 aliphatic heterocycles. The fourth-order valence-corrected chi connectivity index (χ4v) is 5.67. The summed E-state index contributed by atoms with van der Waals surface area (Å²) in [6.45, 7) is 4.21. The molecule has 11 nitrogen and oxygen atoms in total. The Morgan fingerprint density at radius 1 is 1.05 bits per heavy atom. The van der Waals surface area contributed by atoms with Gasteiger partial charge in [-0.2, -0.15) is 0 Å². The van der Waals surface area contributed by atoms with E-state index in [0.717, 1.165) is 45.2 Å². The van der Waals surface area contributed by atoms with Gasteiger partial charge < -0.3 is 25.5 Å². The average Bonchev–Trinajstić information content (AvgIpc) is 3.94. The SMILES string of the molecule is O=C(NC[C@H](O)CN1CCc2ccccc2C1)c1cc(NC2CCN(C(=O)/C(=N\OCC3CC3)C3CC3)CC2)ncn1. The third kappa shape index (κ3) is 7.63. The number of aromatic nitrogens is 2. The van der Waals surface area contributed by atoms with Crippen LogP contribution in [0.3, 0.4) is 0 Å². The van der Waals surface area contributed by atoms with Crippen LogP contribution in [-0.2, 0) is 22.6 Å². The molecule has 3 N–H and O–H groups in total. The molecule has 1 aromatic carbocycles. The zero-order chi connectivity index (χ0) is 28.9. The van der Waals surface area contributed by atoms with Gasteiger partial charge in [0.15, 0.2) is 0 Å². The van der Waals surface area contributed by atoms with Crippen LogP contribution < -0.4 is 10.6 Å². The van der Waals surface area contributed by atoms with Crippen LogP contribution in [-0.4, -0.2) is 93.9 Å². The predicted octanol–water partition coefficient (Wildman–Crippen LogP) is 2.22. The first-order chi connectivity index (χ1) is 20.5. The first-order valence-electron chi connectivity index (χ1n) is 15.3. The molecule has 4 aliphatic rings. The lowest BCUT2D eigenvalue weighted by Crippen LogP contribution is -2.45. The molecule has 3 fully saturated rings. The van der Waals surface area contributed by atoms with Gasteiger partial charge in [-0.05, 0) is 62.0 Å². The number of oxime groups is 1. The van der Waals surface area contributed by atoms with Gasteiger partial charge in [-0.25, -0.2) is 9.97 Å². The highest BCUT2D eigenvalue weighted by molar-refractivity contribution is 6.40. The van der Waals surface area contributed by atoms with Gasteiger partial charge in [0.25, 0.3) is 11.8 Å². The van der Waals surface area contributed by atoms with E-state index in [2.05, 4.69) is 48.9 Å². The maximum atomic E-state index is 13.1. The molecular formula is C31H41N7O4. The Morgan fingerprint density at radius 2 is 1.83 bits per heavy atom. The topological polar surface area (TPSA) is 132 Å². The highest BCUT2D eigenvalue weighted by Crippen LogP contribution is 2.33. The number of nitrogens with one attached hydrogen (secondary N) is 2. The second-order valence-electron chi connectivity index (χ2n) is 12.1. The minimum atomic E-state index is -0.679. The summed E-state index contributed by atoms with van der Waals surface area (Å²) >= 11 is 0. The lowest BCUT2D eigenvalue weighted by Gasteiger charge is -2.32. The zero-order valence-corrected chi connectivity index (χ0v) is 24.1. The summed E-state index contributed by atoms with van der Waals surface area (Å²) in [7, 11) is 0. The minimum absolute atomic E-state index is 0.0000284. The number of carbonyl (C=O) groups is 2. The fraction of sp³-hybridized carbons (Fsp3) is 0.581. The second-order valence-corrected chi connectivity index (χ2v) is 12.1. The third-order valence-electron chi connectivity index (χ3n) is 8.56. The van der Waals surface area contributed by atoms with Crippen molar-refractivity contribution in [1.29, 1.82) is 0 Å². The van der Waals surface area contributed by atoms with E-state index in [0.29, 0.717) is 43.7 Å². The van der Waals surface area contributed by atoms with Crippen molar-refractivity contribution in [2.24, 2.45) is 17.0 Å². The number of aliphatic hydroxyl groups is 1. The van der Waals surface area contributed by atoms with Crippen molar-refractivity contribution in [2.45, 2.75) is 63.6 Å². The van der Waals surface area contributed by atoms with Gasteiger partial charge in [-0.3, -0.25) is 14.5 Å². The molecule has 1 saturated heterocycles. The molecule has 0 bridgehead atoms. The van der Waals surface area contributed by atoms with E-state index in [1.807, 2.05) is 11.0 Å². The highest BCUT2D eigenvalue weighted by atomic mass is 16.6. The quantitative estimate of drug-likeness (QED) is 0.259. The number of likely N-dealkylation sites (tertiary alicyclic amines) is 1. The van der Waals surface area contributed by atoms with E-state index in [1.165, 1.54) is 30.3 Å². The van der Waals surface area contributed by atoms with E-state index >= 15 is 0 Å². The fourth-order valence-electron chi connectivity index (χ4n) is 5.67. The van der Waals surface area contributed by atoms with Crippen molar-refractivity contribution in [3.63, 3.8) is 0 Å². The zero-order valence-electron chi connectivity index (χ0n) is 24.1. The Balaban J connectivity index is 0.937. The summed E-state index contributed by atoms with van der Waals surface area (Å²) in [6, 6.07) is 10.2. The van der Waals surface area contributed by atoms with Crippen LogP contribution in [0, 0.1) is 11.8 Å². The number of fused-ring (bicyclic) bond motifs is 1. The second kappa shape index (κ2) is 13.2. The summed E-state index contributed by atoms with van der Waals surface area (Å²) in [5.41, 5.74) is 3.49. The molecule has 0 unspecified atom stereocenters. The van der Waals surface area contributed by atoms with E-state index < -0.39 is 6.10 Å². The van der Waals surface area contributed by atoms with Crippen LogP contribution in [0.2, 0.25) is 0 Å². The van der Waals surface area contributed by atoms with E-state index in [4.69, 9.17) is 4.84 Å². The van der Waals surface area contributed by atoms with E-state index in [1.54, 1.807) is 6.07 Å².